The van der Waals surface area contributed by atoms with E-state index in [0.717, 1.165) is 25.7 Å². The summed E-state index contributed by atoms with van der Waals surface area (Å²) in [5.41, 5.74) is 0.870. The number of nitrogens with one attached hydrogen (secondary N) is 2. The number of rotatable bonds is 6. The van der Waals surface area contributed by atoms with Crippen molar-refractivity contribution >= 4 is 21.6 Å². The molecule has 0 aromatic heterocycles. The number of hydrogen-bond acceptors (Lipinski definition) is 4. The summed E-state index contributed by atoms with van der Waals surface area (Å²) in [7, 11) is -2.23. The Balaban J connectivity index is 1.68. The molecule has 1 aliphatic rings. The minimum Gasteiger partial charge on any atom is -0.497 e. The van der Waals surface area contributed by atoms with E-state index in [4.69, 9.17) is 4.74 Å². The normalized spacial score (nSPS) is 15.1. The molecule has 1 fully saturated rings. The third-order valence-electron chi connectivity index (χ3n) is 4.69. The van der Waals surface area contributed by atoms with Crippen LogP contribution in [-0.2, 0) is 10.0 Å². The lowest BCUT2D eigenvalue weighted by atomic mass is 9.95. The summed E-state index contributed by atoms with van der Waals surface area (Å²) in [5, 5.41) is 3.03. The zero-order valence-corrected chi connectivity index (χ0v) is 16.1. The molecule has 2 aromatic rings. The van der Waals surface area contributed by atoms with Crippen LogP contribution in [0.5, 0.6) is 5.75 Å². The maximum Gasteiger partial charge on any atom is 0.261 e. The van der Waals surface area contributed by atoms with Gasteiger partial charge < -0.3 is 10.1 Å². The van der Waals surface area contributed by atoms with Crippen molar-refractivity contribution in [1.29, 1.82) is 0 Å². The number of sulfonamides is 1. The lowest BCUT2D eigenvalue weighted by molar-refractivity contribution is 0.0927. The molecule has 0 atom stereocenters. The van der Waals surface area contributed by atoms with Crippen molar-refractivity contribution in [2.75, 3.05) is 11.8 Å². The van der Waals surface area contributed by atoms with Gasteiger partial charge in [0.1, 0.15) is 5.75 Å². The van der Waals surface area contributed by atoms with Gasteiger partial charge in [-0.15, -0.1) is 0 Å². The quantitative estimate of drug-likeness (QED) is 0.792. The highest BCUT2D eigenvalue weighted by molar-refractivity contribution is 7.92. The predicted molar refractivity (Wildman–Crippen MR) is 105 cm³/mol. The molecule has 1 aliphatic carbocycles. The van der Waals surface area contributed by atoms with Crippen LogP contribution in [0.1, 0.15) is 42.5 Å². The largest absolute Gasteiger partial charge is 0.497 e. The molecule has 0 radical (unpaired) electrons. The fourth-order valence-electron chi connectivity index (χ4n) is 3.20. The van der Waals surface area contributed by atoms with Gasteiger partial charge in [-0.05, 0) is 49.2 Å². The fourth-order valence-corrected chi connectivity index (χ4v) is 4.25. The standard InChI is InChI=1S/C20H24N2O4S/c1-26-18-9-5-8-17(14-18)22-27(24,25)19-12-10-15(11-13-19)20(23)21-16-6-3-2-4-7-16/h5,8-14,16,22H,2-4,6-7H2,1H3,(H,21,23). The molecule has 144 valence electrons. The van der Waals surface area contributed by atoms with Gasteiger partial charge in [-0.2, -0.15) is 0 Å². The van der Waals surface area contributed by atoms with Crippen molar-refractivity contribution in [3.05, 3.63) is 54.1 Å². The van der Waals surface area contributed by atoms with Gasteiger partial charge in [0.25, 0.3) is 15.9 Å². The van der Waals surface area contributed by atoms with E-state index in [2.05, 4.69) is 10.0 Å². The van der Waals surface area contributed by atoms with Crippen LogP contribution in [-0.4, -0.2) is 27.5 Å². The molecule has 27 heavy (non-hydrogen) atoms. The Morgan fingerprint density at radius 1 is 1.04 bits per heavy atom. The molecule has 7 heteroatoms. The molecule has 2 N–H and O–H groups in total. The van der Waals surface area contributed by atoms with E-state index in [0.29, 0.717) is 17.0 Å². The molecule has 0 heterocycles. The lowest BCUT2D eigenvalue weighted by Crippen LogP contribution is -2.36. The van der Waals surface area contributed by atoms with Crippen LogP contribution >= 0.6 is 0 Å². The Labute approximate surface area is 160 Å². The highest BCUT2D eigenvalue weighted by Gasteiger charge is 2.18. The third-order valence-corrected chi connectivity index (χ3v) is 6.09. The second-order valence-electron chi connectivity index (χ2n) is 6.67. The van der Waals surface area contributed by atoms with Crippen LogP contribution in [0, 0.1) is 0 Å². The Hall–Kier alpha value is -2.54. The zero-order chi connectivity index (χ0) is 19.3. The van der Waals surface area contributed by atoms with Crippen molar-refractivity contribution in [3.8, 4) is 5.75 Å². The first kappa shape index (κ1) is 19.2. The molecule has 0 aliphatic heterocycles. The second-order valence-corrected chi connectivity index (χ2v) is 8.35. The molecule has 1 saturated carbocycles. The average Bonchev–Trinajstić information content (AvgIpc) is 2.68. The number of anilines is 1. The first-order chi connectivity index (χ1) is 13.0. The minimum absolute atomic E-state index is 0.0968. The van der Waals surface area contributed by atoms with Crippen LogP contribution in [0.3, 0.4) is 0 Å². The van der Waals surface area contributed by atoms with Crippen LogP contribution < -0.4 is 14.8 Å². The molecule has 0 saturated heterocycles. The molecule has 1 amide bonds. The molecule has 3 rings (SSSR count). The average molecular weight is 388 g/mol. The van der Waals surface area contributed by atoms with Crippen LogP contribution in [0.25, 0.3) is 0 Å². The van der Waals surface area contributed by atoms with E-state index < -0.39 is 10.0 Å². The van der Waals surface area contributed by atoms with Crippen LogP contribution in [0.4, 0.5) is 5.69 Å². The van der Waals surface area contributed by atoms with Crippen molar-refractivity contribution in [3.63, 3.8) is 0 Å². The Bertz CT molecular complexity index is 888. The zero-order valence-electron chi connectivity index (χ0n) is 15.3. The van der Waals surface area contributed by atoms with E-state index in [-0.39, 0.29) is 16.8 Å². The Morgan fingerprint density at radius 3 is 2.41 bits per heavy atom. The number of amides is 1. The highest BCUT2D eigenvalue weighted by Crippen LogP contribution is 2.21. The van der Waals surface area contributed by atoms with Gasteiger partial charge in [-0.3, -0.25) is 9.52 Å². The van der Waals surface area contributed by atoms with Gasteiger partial charge in [-0.25, -0.2) is 8.42 Å². The molecular weight excluding hydrogens is 364 g/mol. The first-order valence-corrected chi connectivity index (χ1v) is 10.5. The highest BCUT2D eigenvalue weighted by atomic mass is 32.2. The maximum atomic E-state index is 12.5. The van der Waals surface area contributed by atoms with Crippen LogP contribution in [0.15, 0.2) is 53.4 Å². The number of hydrogen-bond donors (Lipinski definition) is 2. The maximum absolute atomic E-state index is 12.5. The molecule has 6 nitrogen and oxygen atoms in total. The fraction of sp³-hybridized carbons (Fsp3) is 0.350. The first-order valence-electron chi connectivity index (χ1n) is 9.06. The molecule has 0 unspecified atom stereocenters. The second kappa shape index (κ2) is 8.43. The minimum atomic E-state index is -3.75. The van der Waals surface area contributed by atoms with E-state index in [1.54, 1.807) is 24.3 Å². The topological polar surface area (TPSA) is 84.5 Å². The summed E-state index contributed by atoms with van der Waals surface area (Å²) in [4.78, 5) is 12.4. The Morgan fingerprint density at radius 2 is 1.74 bits per heavy atom. The van der Waals surface area contributed by atoms with E-state index in [1.807, 2.05) is 0 Å². The number of ether oxygens (including phenoxy) is 1. The molecule has 0 spiro atoms. The van der Waals surface area contributed by atoms with Gasteiger partial charge in [-0.1, -0.05) is 25.3 Å². The number of carbonyl (C=O) groups is 1. The van der Waals surface area contributed by atoms with Gasteiger partial charge in [0, 0.05) is 17.7 Å². The number of carbonyl (C=O) groups excluding carboxylic acids is 1. The monoisotopic (exact) mass is 388 g/mol. The lowest BCUT2D eigenvalue weighted by Gasteiger charge is -2.22. The molecule has 2 aromatic carbocycles. The van der Waals surface area contributed by atoms with Crippen molar-refractivity contribution < 1.29 is 17.9 Å². The van der Waals surface area contributed by atoms with Gasteiger partial charge in [0.2, 0.25) is 0 Å². The van der Waals surface area contributed by atoms with E-state index in [1.165, 1.54) is 37.8 Å². The summed E-state index contributed by atoms with van der Waals surface area (Å²) >= 11 is 0. The van der Waals surface area contributed by atoms with Crippen molar-refractivity contribution in [2.24, 2.45) is 0 Å². The summed E-state index contributed by atoms with van der Waals surface area (Å²) in [6.07, 6.45) is 5.50. The predicted octanol–water partition coefficient (Wildman–Crippen LogP) is 3.56. The Kier molecular flexibility index (Phi) is 6.01. The summed E-state index contributed by atoms with van der Waals surface area (Å²) < 4.78 is 32.7. The van der Waals surface area contributed by atoms with E-state index >= 15 is 0 Å². The van der Waals surface area contributed by atoms with Crippen molar-refractivity contribution in [1.82, 2.24) is 5.32 Å². The van der Waals surface area contributed by atoms with Gasteiger partial charge in [0.05, 0.1) is 17.7 Å². The van der Waals surface area contributed by atoms with Gasteiger partial charge in [0.15, 0.2) is 0 Å². The molecular formula is C20H24N2O4S. The number of benzene rings is 2. The van der Waals surface area contributed by atoms with Gasteiger partial charge >= 0.3 is 0 Å². The third kappa shape index (κ3) is 5.01. The molecule has 0 bridgehead atoms. The smallest absolute Gasteiger partial charge is 0.261 e. The summed E-state index contributed by atoms with van der Waals surface area (Å²) in [5.74, 6) is 0.400. The summed E-state index contributed by atoms with van der Waals surface area (Å²) in [6, 6.07) is 12.9. The van der Waals surface area contributed by atoms with E-state index in [9.17, 15) is 13.2 Å². The van der Waals surface area contributed by atoms with Crippen molar-refractivity contribution in [2.45, 2.75) is 43.0 Å². The summed E-state index contributed by atoms with van der Waals surface area (Å²) in [6.45, 7) is 0. The van der Waals surface area contributed by atoms with Crippen LogP contribution in [0.2, 0.25) is 0 Å². The SMILES string of the molecule is COc1cccc(NS(=O)(=O)c2ccc(C(=O)NC3CCCCC3)cc2)c1. The number of methoxy groups -OCH3 is 1.